The monoisotopic (exact) mass is 745 g/mol. The summed E-state index contributed by atoms with van der Waals surface area (Å²) in [4.78, 5) is 14.1. The minimum Gasteiger partial charge on any atom is -0.392 e. The van der Waals surface area contributed by atoms with Gasteiger partial charge in [-0.05, 0) is 62.0 Å². The first kappa shape index (κ1) is 38.6. The second kappa shape index (κ2) is 15.9. The number of rotatable bonds is 5. The molecule has 12 nitrogen and oxygen atoms in total. The van der Waals surface area contributed by atoms with E-state index in [9.17, 15) is 9.90 Å². The average Bonchev–Trinajstić information content (AvgIpc) is 3.77. The van der Waals surface area contributed by atoms with Crippen LogP contribution in [0.3, 0.4) is 0 Å². The molecule has 8 saturated heterocycles. The van der Waals surface area contributed by atoms with Crippen LogP contribution in [-0.4, -0.2) is 129 Å². The molecule has 3 N–H and O–H groups in total. The van der Waals surface area contributed by atoms with Crippen molar-refractivity contribution in [1.82, 2.24) is 0 Å². The zero-order valence-corrected chi connectivity index (χ0v) is 31.9. The normalized spacial score (nSPS) is 49.6. The van der Waals surface area contributed by atoms with Gasteiger partial charge < -0.3 is 53.5 Å². The number of ether oxygens (including phenoxy) is 9. The summed E-state index contributed by atoms with van der Waals surface area (Å²) in [6.07, 6.45) is 5.80. The number of nitrogens with two attached hydrogens (primary N) is 1. The predicted octanol–water partition coefficient (Wildman–Crippen LogP) is 4.08. The summed E-state index contributed by atoms with van der Waals surface area (Å²) >= 11 is 0. The van der Waals surface area contributed by atoms with Gasteiger partial charge >= 0.3 is 0 Å². The van der Waals surface area contributed by atoms with E-state index in [2.05, 4.69) is 20.1 Å². The minimum atomic E-state index is -0.820. The Bertz CT molecular complexity index is 1350. The summed E-state index contributed by atoms with van der Waals surface area (Å²) in [5, 5.41) is 10.5. The summed E-state index contributed by atoms with van der Waals surface area (Å²) in [7, 11) is 3.40. The van der Waals surface area contributed by atoms with E-state index in [0.29, 0.717) is 38.5 Å². The van der Waals surface area contributed by atoms with E-state index in [0.717, 1.165) is 56.1 Å². The first-order valence-corrected chi connectivity index (χ1v) is 20.5. The van der Waals surface area contributed by atoms with Crippen molar-refractivity contribution in [3.63, 3.8) is 0 Å². The molecule has 12 heteroatoms. The molecule has 1 spiro atoms. The molecular formula is C41H63NO11. The highest BCUT2D eigenvalue weighted by molar-refractivity contribution is 5.79. The van der Waals surface area contributed by atoms with Gasteiger partial charge in [-0.1, -0.05) is 20.1 Å². The molecular weight excluding hydrogens is 682 g/mol. The van der Waals surface area contributed by atoms with Crippen molar-refractivity contribution in [3.8, 4) is 0 Å². The van der Waals surface area contributed by atoms with Crippen molar-refractivity contribution >= 4 is 5.78 Å². The molecule has 0 aromatic heterocycles. The van der Waals surface area contributed by atoms with Gasteiger partial charge in [0, 0.05) is 71.6 Å². The van der Waals surface area contributed by atoms with E-state index < -0.39 is 18.0 Å². The molecule has 8 heterocycles. The number of hydrogen-bond acceptors (Lipinski definition) is 12. The van der Waals surface area contributed by atoms with Gasteiger partial charge in [-0.15, -0.1) is 0 Å². The van der Waals surface area contributed by atoms with Gasteiger partial charge in [-0.2, -0.15) is 0 Å². The third-order valence-corrected chi connectivity index (χ3v) is 13.9. The highest BCUT2D eigenvalue weighted by Crippen LogP contribution is 2.50. The number of aliphatic hydroxyl groups is 1. The van der Waals surface area contributed by atoms with E-state index in [1.165, 1.54) is 0 Å². The van der Waals surface area contributed by atoms with E-state index >= 15 is 0 Å². The van der Waals surface area contributed by atoms with Crippen molar-refractivity contribution in [2.75, 3.05) is 20.8 Å². The Labute approximate surface area is 314 Å². The van der Waals surface area contributed by atoms with Crippen molar-refractivity contribution in [2.45, 2.75) is 194 Å². The number of methoxy groups -OCH3 is 2. The number of Topliss-reactive ketones (excluding diaryl/α,β-unsaturated/α-hetero) is 1. The van der Waals surface area contributed by atoms with Gasteiger partial charge in [-0.25, -0.2) is 0 Å². The Balaban J connectivity index is 1.06. The lowest BCUT2D eigenvalue weighted by Crippen LogP contribution is -2.58. The molecule has 8 aliphatic heterocycles. The molecule has 298 valence electrons. The number of ketones is 1. The van der Waals surface area contributed by atoms with Gasteiger partial charge in [0.05, 0.1) is 79.4 Å². The van der Waals surface area contributed by atoms with Crippen LogP contribution >= 0.6 is 0 Å². The molecule has 0 amide bonds. The summed E-state index contributed by atoms with van der Waals surface area (Å²) in [5.41, 5.74) is 8.01. The van der Waals surface area contributed by atoms with Crippen LogP contribution < -0.4 is 5.73 Å². The molecule has 0 aromatic carbocycles. The van der Waals surface area contributed by atoms with Gasteiger partial charge in [0.25, 0.3) is 0 Å². The maximum absolute atomic E-state index is 14.1. The molecule has 0 aliphatic carbocycles. The highest BCUT2D eigenvalue weighted by Gasteiger charge is 2.60. The van der Waals surface area contributed by atoms with Gasteiger partial charge in [0.2, 0.25) is 0 Å². The fraction of sp³-hybridized carbons (Fsp3) is 0.878. The summed E-state index contributed by atoms with van der Waals surface area (Å²) in [5.74, 6) is -0.653. The van der Waals surface area contributed by atoms with Crippen LogP contribution in [0.4, 0.5) is 0 Å². The van der Waals surface area contributed by atoms with Crippen LogP contribution in [0, 0.1) is 11.8 Å². The van der Waals surface area contributed by atoms with Crippen molar-refractivity contribution in [1.29, 1.82) is 0 Å². The van der Waals surface area contributed by atoms with Crippen LogP contribution in [0.15, 0.2) is 24.3 Å². The Kier molecular flexibility index (Phi) is 11.6. The Morgan fingerprint density at radius 3 is 2.40 bits per heavy atom. The third-order valence-electron chi connectivity index (χ3n) is 13.9. The summed E-state index contributed by atoms with van der Waals surface area (Å²) in [6, 6.07) is 0. The highest BCUT2D eigenvalue weighted by atomic mass is 16.7. The number of carbonyl (C=O) groups is 1. The fourth-order valence-corrected chi connectivity index (χ4v) is 11.0. The molecule has 8 aliphatic rings. The quantitative estimate of drug-likeness (QED) is 0.391. The average molecular weight is 746 g/mol. The van der Waals surface area contributed by atoms with Crippen molar-refractivity contribution in [2.24, 2.45) is 17.6 Å². The topological polar surface area (TPSA) is 146 Å². The molecule has 8 fully saturated rings. The Morgan fingerprint density at radius 1 is 0.811 bits per heavy atom. The lowest BCUT2D eigenvalue weighted by Gasteiger charge is -2.47. The molecule has 10 bridgehead atoms. The van der Waals surface area contributed by atoms with Crippen molar-refractivity contribution < 1.29 is 52.5 Å². The number of hydrogen-bond donors (Lipinski definition) is 2. The standard InChI is InChI=1S/C41H63NO11/c1-21-12-26-6-8-30-22(2)13-28(47-30)10-11-41-19-37(45-4)40(53-41)35-18-36(52-41)39-31(50-35)9-7-27(49-39)14-24(43)15-29-33(17-32(48-26)23(21)3)51-34(38(29)46-5)16-25(44)20-42/h21,25-40,44H,2-3,6-20,42H2,1,4-5H3/t21-,25+,26?,27?,28?,29?,30+,31+,32-,33?,34?,35?,36?,37-,38-,39+,40?,41-/m1/s1. The molecule has 0 radical (unpaired) electrons. The summed E-state index contributed by atoms with van der Waals surface area (Å²) in [6.45, 7) is 11.3. The summed E-state index contributed by atoms with van der Waals surface area (Å²) < 4.78 is 59.5. The predicted molar refractivity (Wildman–Crippen MR) is 193 cm³/mol. The molecule has 53 heavy (non-hydrogen) atoms. The van der Waals surface area contributed by atoms with E-state index in [1.54, 1.807) is 14.2 Å². The first-order chi connectivity index (χ1) is 25.5. The zero-order chi connectivity index (χ0) is 37.0. The van der Waals surface area contributed by atoms with Crippen LogP contribution in [0.5, 0.6) is 0 Å². The molecule has 0 saturated carbocycles. The van der Waals surface area contributed by atoms with Gasteiger partial charge in [0.15, 0.2) is 5.79 Å². The lowest BCUT2D eigenvalue weighted by molar-refractivity contribution is -0.277. The van der Waals surface area contributed by atoms with Crippen LogP contribution in [-0.2, 0) is 47.4 Å². The van der Waals surface area contributed by atoms with E-state index in [4.69, 9.17) is 48.4 Å². The van der Waals surface area contributed by atoms with Crippen molar-refractivity contribution in [3.05, 3.63) is 24.3 Å². The zero-order valence-electron chi connectivity index (χ0n) is 31.9. The first-order valence-electron chi connectivity index (χ1n) is 20.5. The second-order valence-corrected chi connectivity index (χ2v) is 17.4. The van der Waals surface area contributed by atoms with Crippen LogP contribution in [0.2, 0.25) is 0 Å². The smallest absolute Gasteiger partial charge is 0.172 e. The third kappa shape index (κ3) is 7.86. The van der Waals surface area contributed by atoms with E-state index in [1.807, 2.05) is 0 Å². The van der Waals surface area contributed by atoms with Gasteiger partial charge in [0.1, 0.15) is 18.0 Å². The van der Waals surface area contributed by atoms with Gasteiger partial charge in [-0.3, -0.25) is 4.79 Å². The maximum Gasteiger partial charge on any atom is 0.172 e. The molecule has 8 rings (SSSR count). The Morgan fingerprint density at radius 2 is 1.60 bits per heavy atom. The largest absolute Gasteiger partial charge is 0.392 e. The number of fused-ring (bicyclic) bond motifs is 9. The Hall–Kier alpha value is -1.29. The maximum atomic E-state index is 14.1. The number of aliphatic hydroxyl groups excluding tert-OH is 1. The SMILES string of the molecule is C=C1CC2CC[C@]34C[C@@H](OC)C(O3)C3CC(O4)[C@H]4OC(CC[C@@H]4O3)CC(=O)CC3C(C[C@H]4OC(CC[C@@H]1O2)C[C@@H](C)C4=C)OC(C[C@H](O)CN)[C@@H]3OC. The minimum absolute atomic E-state index is 0.0245. The number of carbonyl (C=O) groups excluding carboxylic acids is 1. The lowest BCUT2D eigenvalue weighted by atomic mass is 9.81. The van der Waals surface area contributed by atoms with Crippen LogP contribution in [0.25, 0.3) is 0 Å². The molecule has 9 unspecified atom stereocenters. The van der Waals surface area contributed by atoms with Crippen LogP contribution in [0.1, 0.15) is 96.8 Å². The second-order valence-electron chi connectivity index (χ2n) is 17.4. The molecule has 0 aromatic rings. The van der Waals surface area contributed by atoms with E-state index in [-0.39, 0.29) is 110 Å². The fourth-order valence-electron chi connectivity index (χ4n) is 11.0. The molecule has 18 atom stereocenters.